The second-order valence-electron chi connectivity index (χ2n) is 10.1. The Bertz CT molecular complexity index is 1630. The van der Waals surface area contributed by atoms with Crippen molar-refractivity contribution in [1.29, 1.82) is 0 Å². The lowest BCUT2D eigenvalue weighted by Crippen LogP contribution is -2.53. The predicted molar refractivity (Wildman–Crippen MR) is 167 cm³/mol. The van der Waals surface area contributed by atoms with Crippen molar-refractivity contribution < 1.29 is 18.0 Å². The maximum Gasteiger partial charge on any atom is 0.264 e. The average Bonchev–Trinajstić information content (AvgIpc) is 2.99. The third kappa shape index (κ3) is 7.38. The largest absolute Gasteiger partial charge is 0.357 e. The minimum Gasteiger partial charge on any atom is -0.357 e. The molecule has 0 fully saturated rings. The van der Waals surface area contributed by atoms with E-state index in [1.165, 1.54) is 36.2 Å². The SMILES string of the molecule is CNC(=O)[C@@H](Cc1ccccc1)N(Cc1ccccc1C)C(=O)CN(c1ccc(C)cc1)S(=O)(=O)c1ccc(Cl)cc1. The second-order valence-corrected chi connectivity index (χ2v) is 12.4. The molecule has 0 saturated heterocycles. The lowest BCUT2D eigenvalue weighted by atomic mass is 10.0. The minimum atomic E-state index is -4.18. The molecular formula is C33H34ClN3O4S. The van der Waals surface area contributed by atoms with Gasteiger partial charge in [0.05, 0.1) is 10.6 Å². The van der Waals surface area contributed by atoms with Crippen molar-refractivity contribution >= 4 is 39.1 Å². The highest BCUT2D eigenvalue weighted by Crippen LogP contribution is 2.26. The maximum absolute atomic E-state index is 14.3. The van der Waals surface area contributed by atoms with E-state index in [9.17, 15) is 18.0 Å². The van der Waals surface area contributed by atoms with E-state index >= 15 is 0 Å². The Morgan fingerprint density at radius 1 is 0.833 bits per heavy atom. The fraction of sp³-hybridized carbons (Fsp3) is 0.212. The number of halogens is 1. The van der Waals surface area contributed by atoms with E-state index in [-0.39, 0.29) is 23.8 Å². The number of benzene rings is 4. The summed E-state index contributed by atoms with van der Waals surface area (Å²) in [6.07, 6.45) is 0.257. The molecular weight excluding hydrogens is 570 g/mol. The first-order chi connectivity index (χ1) is 20.1. The number of sulfonamides is 1. The molecule has 4 aromatic rings. The summed E-state index contributed by atoms with van der Waals surface area (Å²) in [7, 11) is -2.65. The molecule has 0 saturated carbocycles. The van der Waals surface area contributed by atoms with Crippen LogP contribution in [0.3, 0.4) is 0 Å². The number of aryl methyl sites for hydroxylation is 2. The molecule has 0 bridgehead atoms. The van der Waals surface area contributed by atoms with Gasteiger partial charge in [0.2, 0.25) is 11.8 Å². The van der Waals surface area contributed by atoms with E-state index in [0.717, 1.165) is 26.6 Å². The van der Waals surface area contributed by atoms with Crippen molar-refractivity contribution in [1.82, 2.24) is 10.2 Å². The van der Waals surface area contributed by atoms with Crippen LogP contribution in [0.4, 0.5) is 5.69 Å². The third-order valence-corrected chi connectivity index (χ3v) is 9.16. The number of hydrogen-bond donors (Lipinski definition) is 1. The number of carbonyl (C=O) groups is 2. The fourth-order valence-corrected chi connectivity index (χ4v) is 6.21. The van der Waals surface area contributed by atoms with Crippen LogP contribution in [0.5, 0.6) is 0 Å². The molecule has 0 radical (unpaired) electrons. The first kappa shape index (κ1) is 30.8. The normalized spacial score (nSPS) is 11.9. The summed E-state index contributed by atoms with van der Waals surface area (Å²) < 4.78 is 29.1. The summed E-state index contributed by atoms with van der Waals surface area (Å²) in [4.78, 5) is 29.1. The van der Waals surface area contributed by atoms with Crippen molar-refractivity contribution in [2.24, 2.45) is 0 Å². The summed E-state index contributed by atoms with van der Waals surface area (Å²) in [5, 5.41) is 3.09. The van der Waals surface area contributed by atoms with E-state index < -0.39 is 28.5 Å². The molecule has 0 aliphatic heterocycles. The first-order valence-corrected chi connectivity index (χ1v) is 15.4. The van der Waals surface area contributed by atoms with Gasteiger partial charge in [-0.2, -0.15) is 0 Å². The van der Waals surface area contributed by atoms with Crippen LogP contribution in [0.15, 0.2) is 108 Å². The van der Waals surface area contributed by atoms with Crippen LogP contribution in [-0.2, 0) is 32.6 Å². The molecule has 218 valence electrons. The van der Waals surface area contributed by atoms with Crippen molar-refractivity contribution in [3.05, 3.63) is 130 Å². The molecule has 0 spiro atoms. The Hall–Kier alpha value is -4.14. The monoisotopic (exact) mass is 603 g/mol. The molecule has 4 rings (SSSR count). The van der Waals surface area contributed by atoms with Gasteiger partial charge in [-0.1, -0.05) is 83.9 Å². The Labute approximate surface area is 252 Å². The van der Waals surface area contributed by atoms with Gasteiger partial charge in [0.1, 0.15) is 12.6 Å². The molecule has 4 aromatic carbocycles. The minimum absolute atomic E-state index is 0.00198. The van der Waals surface area contributed by atoms with E-state index in [2.05, 4.69) is 5.32 Å². The van der Waals surface area contributed by atoms with Crippen LogP contribution in [-0.4, -0.2) is 44.8 Å². The Morgan fingerprint density at radius 2 is 1.45 bits per heavy atom. The number of amides is 2. The topological polar surface area (TPSA) is 86.8 Å². The number of nitrogens with one attached hydrogen (secondary N) is 1. The van der Waals surface area contributed by atoms with Gasteiger partial charge in [-0.3, -0.25) is 13.9 Å². The molecule has 9 heteroatoms. The maximum atomic E-state index is 14.3. The predicted octanol–water partition coefficient (Wildman–Crippen LogP) is 5.54. The van der Waals surface area contributed by atoms with Gasteiger partial charge in [-0.05, 0) is 66.9 Å². The number of rotatable bonds is 11. The molecule has 42 heavy (non-hydrogen) atoms. The summed E-state index contributed by atoms with van der Waals surface area (Å²) in [6, 6.07) is 28.9. The quantitative estimate of drug-likeness (QED) is 0.244. The third-order valence-electron chi connectivity index (χ3n) is 7.12. The highest BCUT2D eigenvalue weighted by atomic mass is 35.5. The van der Waals surface area contributed by atoms with Crippen molar-refractivity contribution in [2.75, 3.05) is 17.9 Å². The fourth-order valence-electron chi connectivity index (χ4n) is 4.67. The van der Waals surface area contributed by atoms with Gasteiger partial charge < -0.3 is 10.2 Å². The number of hydrogen-bond acceptors (Lipinski definition) is 4. The molecule has 1 atom stereocenters. The van der Waals surface area contributed by atoms with Gasteiger partial charge >= 0.3 is 0 Å². The second kappa shape index (κ2) is 13.7. The van der Waals surface area contributed by atoms with E-state index in [1.54, 1.807) is 24.3 Å². The number of likely N-dealkylation sites (N-methyl/N-ethyl adjacent to an activating group) is 1. The van der Waals surface area contributed by atoms with Crippen LogP contribution >= 0.6 is 11.6 Å². The van der Waals surface area contributed by atoms with E-state index in [1.807, 2.05) is 68.4 Å². The van der Waals surface area contributed by atoms with Crippen LogP contribution in [0.2, 0.25) is 5.02 Å². The smallest absolute Gasteiger partial charge is 0.264 e. The molecule has 7 nitrogen and oxygen atoms in total. The summed E-state index contributed by atoms with van der Waals surface area (Å²) in [5.41, 5.74) is 3.96. The van der Waals surface area contributed by atoms with Crippen LogP contribution in [0, 0.1) is 13.8 Å². The zero-order valence-corrected chi connectivity index (χ0v) is 25.4. The highest BCUT2D eigenvalue weighted by molar-refractivity contribution is 7.92. The van der Waals surface area contributed by atoms with Crippen LogP contribution in [0.1, 0.15) is 22.3 Å². The van der Waals surface area contributed by atoms with Gasteiger partial charge in [-0.25, -0.2) is 8.42 Å². The summed E-state index contributed by atoms with van der Waals surface area (Å²) in [5.74, 6) is -0.857. The Morgan fingerprint density at radius 3 is 2.07 bits per heavy atom. The zero-order chi connectivity index (χ0) is 30.3. The zero-order valence-electron chi connectivity index (χ0n) is 23.8. The lowest BCUT2D eigenvalue weighted by molar-refractivity contribution is -0.139. The first-order valence-electron chi connectivity index (χ1n) is 13.5. The number of carbonyl (C=O) groups excluding carboxylic acids is 2. The molecule has 1 N–H and O–H groups in total. The van der Waals surface area contributed by atoms with Crippen molar-refractivity contribution in [2.45, 2.75) is 37.8 Å². The van der Waals surface area contributed by atoms with Gasteiger partial charge in [0.25, 0.3) is 10.0 Å². The summed E-state index contributed by atoms with van der Waals surface area (Å²) >= 11 is 6.03. The molecule has 2 amide bonds. The van der Waals surface area contributed by atoms with Gasteiger partial charge in [0.15, 0.2) is 0 Å². The lowest BCUT2D eigenvalue weighted by Gasteiger charge is -2.34. The number of anilines is 1. The van der Waals surface area contributed by atoms with E-state index in [0.29, 0.717) is 10.7 Å². The molecule has 0 heterocycles. The number of nitrogens with zero attached hydrogens (tertiary/aromatic N) is 2. The Kier molecular flexibility index (Phi) is 10.0. The van der Waals surface area contributed by atoms with Crippen molar-refractivity contribution in [3.63, 3.8) is 0 Å². The molecule has 0 aromatic heterocycles. The summed E-state index contributed by atoms with van der Waals surface area (Å²) in [6.45, 7) is 3.45. The molecule has 0 aliphatic carbocycles. The van der Waals surface area contributed by atoms with Crippen molar-refractivity contribution in [3.8, 4) is 0 Å². The highest BCUT2D eigenvalue weighted by Gasteiger charge is 2.34. The molecule has 0 aliphatic rings. The van der Waals surface area contributed by atoms with Gasteiger partial charge in [-0.15, -0.1) is 0 Å². The van der Waals surface area contributed by atoms with Gasteiger partial charge in [0, 0.05) is 25.0 Å². The Balaban J connectivity index is 1.79. The van der Waals surface area contributed by atoms with Crippen LogP contribution in [0.25, 0.3) is 0 Å². The van der Waals surface area contributed by atoms with E-state index in [4.69, 9.17) is 11.6 Å². The standard InChI is InChI=1S/C33H34ClN3O4S/c1-24-13-17-29(18-14-24)37(42(40,41)30-19-15-28(34)16-20-30)23-32(38)36(22-27-12-8-7-9-25(27)2)31(33(39)35-3)21-26-10-5-4-6-11-26/h4-20,31H,21-23H2,1-3H3,(H,35,39)/t31-/m1/s1. The molecule has 0 unspecified atom stereocenters. The van der Waals surface area contributed by atoms with Crippen LogP contribution < -0.4 is 9.62 Å². The average molecular weight is 604 g/mol.